The van der Waals surface area contributed by atoms with Crippen molar-refractivity contribution in [2.75, 3.05) is 32.8 Å². The first-order valence-electron chi connectivity index (χ1n) is 6.15. The summed E-state index contributed by atoms with van der Waals surface area (Å²) >= 11 is 0. The number of aliphatic hydroxyl groups excluding tert-OH is 3. The highest BCUT2D eigenvalue weighted by atomic mass is 19.2. The van der Waals surface area contributed by atoms with Gasteiger partial charge >= 0.3 is 0 Å². The van der Waals surface area contributed by atoms with Crippen LogP contribution in [0.1, 0.15) is 18.1 Å². The maximum Gasteiger partial charge on any atom is 0.159 e. The lowest BCUT2D eigenvalue weighted by Crippen LogP contribution is -2.31. The molecule has 1 aromatic rings. The Bertz CT molecular complexity index is 384. The zero-order valence-electron chi connectivity index (χ0n) is 10.6. The molecule has 0 amide bonds. The average molecular weight is 275 g/mol. The second-order valence-electron chi connectivity index (χ2n) is 4.27. The van der Waals surface area contributed by atoms with Gasteiger partial charge in [-0.3, -0.25) is 4.90 Å². The van der Waals surface area contributed by atoms with E-state index in [1.165, 1.54) is 6.07 Å². The predicted octanol–water partition coefficient (Wildman–Crippen LogP) is 0.675. The van der Waals surface area contributed by atoms with E-state index in [-0.39, 0.29) is 13.2 Å². The van der Waals surface area contributed by atoms with E-state index in [1.54, 1.807) is 4.90 Å². The topological polar surface area (TPSA) is 63.9 Å². The maximum absolute atomic E-state index is 13.0. The number of benzene rings is 1. The summed E-state index contributed by atoms with van der Waals surface area (Å²) in [5.74, 6) is -1.93. The molecule has 0 saturated carbocycles. The maximum atomic E-state index is 13.0. The zero-order valence-corrected chi connectivity index (χ0v) is 10.6. The van der Waals surface area contributed by atoms with Gasteiger partial charge in [0.05, 0.1) is 19.3 Å². The van der Waals surface area contributed by atoms with E-state index in [4.69, 9.17) is 10.2 Å². The van der Waals surface area contributed by atoms with Crippen molar-refractivity contribution >= 4 is 0 Å². The molecule has 0 heterocycles. The monoisotopic (exact) mass is 275 g/mol. The van der Waals surface area contributed by atoms with Gasteiger partial charge in [0, 0.05) is 19.6 Å². The number of rotatable bonds is 8. The lowest BCUT2D eigenvalue weighted by atomic mass is 10.1. The van der Waals surface area contributed by atoms with E-state index >= 15 is 0 Å². The Balaban J connectivity index is 2.53. The van der Waals surface area contributed by atoms with E-state index in [0.717, 1.165) is 12.1 Å². The summed E-state index contributed by atoms with van der Waals surface area (Å²) in [7, 11) is 0. The van der Waals surface area contributed by atoms with Gasteiger partial charge in [-0.05, 0) is 24.1 Å². The Labute approximate surface area is 110 Å². The summed E-state index contributed by atoms with van der Waals surface area (Å²) in [4.78, 5) is 1.78. The highest BCUT2D eigenvalue weighted by molar-refractivity contribution is 5.19. The summed E-state index contributed by atoms with van der Waals surface area (Å²) in [6, 6.07) is 3.29. The predicted molar refractivity (Wildman–Crippen MR) is 66.5 cm³/mol. The molecule has 4 nitrogen and oxygen atoms in total. The minimum Gasteiger partial charge on any atom is -0.395 e. The fraction of sp³-hybridized carbons (Fsp3) is 0.538. The lowest BCUT2D eigenvalue weighted by Gasteiger charge is -2.21. The van der Waals surface area contributed by atoms with Crippen molar-refractivity contribution < 1.29 is 24.1 Å². The van der Waals surface area contributed by atoms with Crippen molar-refractivity contribution in [1.29, 1.82) is 0 Å². The molecule has 0 spiro atoms. The third-order valence-electron chi connectivity index (χ3n) is 2.88. The first-order chi connectivity index (χ1) is 9.08. The minimum atomic E-state index is -0.987. The van der Waals surface area contributed by atoms with Gasteiger partial charge in [0.1, 0.15) is 0 Å². The number of hydrogen-bond donors (Lipinski definition) is 3. The molecule has 0 bridgehead atoms. The van der Waals surface area contributed by atoms with Crippen LogP contribution < -0.4 is 0 Å². The van der Waals surface area contributed by atoms with Crippen LogP contribution in [0.2, 0.25) is 0 Å². The lowest BCUT2D eigenvalue weighted by molar-refractivity contribution is 0.118. The van der Waals surface area contributed by atoms with Crippen LogP contribution in [0.25, 0.3) is 0 Å². The molecule has 0 aliphatic rings. The van der Waals surface area contributed by atoms with E-state index in [9.17, 15) is 13.9 Å². The van der Waals surface area contributed by atoms with Crippen molar-refractivity contribution in [2.45, 2.75) is 12.5 Å². The van der Waals surface area contributed by atoms with E-state index in [0.29, 0.717) is 31.6 Å². The van der Waals surface area contributed by atoms with Crippen molar-refractivity contribution in [3.63, 3.8) is 0 Å². The van der Waals surface area contributed by atoms with Crippen LogP contribution in [-0.2, 0) is 0 Å². The van der Waals surface area contributed by atoms with Gasteiger partial charge in [0.25, 0.3) is 0 Å². The summed E-state index contributed by atoms with van der Waals surface area (Å²) in [5.41, 5.74) is 0.312. The van der Waals surface area contributed by atoms with Gasteiger partial charge in [0.2, 0.25) is 0 Å². The molecule has 19 heavy (non-hydrogen) atoms. The third kappa shape index (κ3) is 5.20. The Morgan fingerprint density at radius 2 is 1.63 bits per heavy atom. The molecule has 1 rings (SSSR count). The fourth-order valence-corrected chi connectivity index (χ4v) is 1.81. The summed E-state index contributed by atoms with van der Waals surface area (Å²) in [5, 5.41) is 27.6. The molecule has 1 atom stereocenters. The van der Waals surface area contributed by atoms with Gasteiger partial charge < -0.3 is 15.3 Å². The molecule has 0 aromatic heterocycles. The second-order valence-corrected chi connectivity index (χ2v) is 4.27. The van der Waals surface area contributed by atoms with Crippen molar-refractivity contribution in [2.24, 2.45) is 0 Å². The highest BCUT2D eigenvalue weighted by Crippen LogP contribution is 2.19. The van der Waals surface area contributed by atoms with Gasteiger partial charge in [-0.25, -0.2) is 8.78 Å². The van der Waals surface area contributed by atoms with Crippen LogP contribution in [0.5, 0.6) is 0 Å². The molecule has 108 valence electrons. The fourth-order valence-electron chi connectivity index (χ4n) is 1.81. The Morgan fingerprint density at radius 3 is 2.16 bits per heavy atom. The highest BCUT2D eigenvalue weighted by Gasteiger charge is 2.13. The first kappa shape index (κ1) is 16.0. The summed E-state index contributed by atoms with van der Waals surface area (Å²) in [6.07, 6.45) is -0.597. The summed E-state index contributed by atoms with van der Waals surface area (Å²) in [6.45, 7) is 1.15. The van der Waals surface area contributed by atoms with Crippen LogP contribution in [0.15, 0.2) is 18.2 Å². The van der Waals surface area contributed by atoms with E-state index in [1.807, 2.05) is 0 Å². The van der Waals surface area contributed by atoms with Crippen molar-refractivity contribution in [3.05, 3.63) is 35.4 Å². The quantitative estimate of drug-likeness (QED) is 0.652. The van der Waals surface area contributed by atoms with Gasteiger partial charge in [0.15, 0.2) is 11.6 Å². The standard InChI is InChI=1S/C13H19F2NO3/c14-11-2-1-10(9-12(11)15)13(19)3-4-16(5-7-17)6-8-18/h1-2,9,13,17-19H,3-8H2. The molecule has 0 fully saturated rings. The van der Waals surface area contributed by atoms with Crippen LogP contribution >= 0.6 is 0 Å². The minimum absolute atomic E-state index is 0.0404. The molecule has 0 aliphatic heterocycles. The number of aliphatic hydroxyl groups is 3. The molecule has 0 saturated heterocycles. The molecule has 3 N–H and O–H groups in total. The van der Waals surface area contributed by atoms with Crippen molar-refractivity contribution in [1.82, 2.24) is 4.90 Å². The number of hydrogen-bond acceptors (Lipinski definition) is 4. The van der Waals surface area contributed by atoms with Crippen LogP contribution in [-0.4, -0.2) is 53.1 Å². The third-order valence-corrected chi connectivity index (χ3v) is 2.88. The average Bonchev–Trinajstić information content (AvgIpc) is 2.39. The molecule has 1 unspecified atom stereocenters. The van der Waals surface area contributed by atoms with Crippen molar-refractivity contribution in [3.8, 4) is 0 Å². The molecular formula is C13H19F2NO3. The van der Waals surface area contributed by atoms with Crippen LogP contribution in [0.4, 0.5) is 8.78 Å². The smallest absolute Gasteiger partial charge is 0.159 e. The Kier molecular flexibility index (Phi) is 6.86. The number of nitrogens with zero attached hydrogens (tertiary/aromatic N) is 1. The zero-order chi connectivity index (χ0) is 14.3. The Hall–Kier alpha value is -1.08. The Morgan fingerprint density at radius 1 is 1.00 bits per heavy atom. The van der Waals surface area contributed by atoms with Crippen LogP contribution in [0.3, 0.4) is 0 Å². The molecule has 6 heteroatoms. The molecule has 1 aromatic carbocycles. The SMILES string of the molecule is OCCN(CCO)CCC(O)c1ccc(F)c(F)c1. The van der Waals surface area contributed by atoms with Gasteiger partial charge in [-0.2, -0.15) is 0 Å². The molecule has 0 radical (unpaired) electrons. The van der Waals surface area contributed by atoms with E-state index in [2.05, 4.69) is 0 Å². The summed E-state index contributed by atoms with van der Waals surface area (Å²) < 4.78 is 25.8. The number of halogens is 2. The van der Waals surface area contributed by atoms with E-state index < -0.39 is 17.7 Å². The normalized spacial score (nSPS) is 12.9. The van der Waals surface area contributed by atoms with Gasteiger partial charge in [-0.15, -0.1) is 0 Å². The van der Waals surface area contributed by atoms with Crippen LogP contribution in [0, 0.1) is 11.6 Å². The van der Waals surface area contributed by atoms with Gasteiger partial charge in [-0.1, -0.05) is 6.07 Å². The largest absolute Gasteiger partial charge is 0.395 e. The first-order valence-corrected chi connectivity index (χ1v) is 6.15. The molecular weight excluding hydrogens is 256 g/mol. The second kappa shape index (κ2) is 8.16. The molecule has 0 aliphatic carbocycles.